The number of epoxide rings is 1. The number of ketones is 1. The van der Waals surface area contributed by atoms with Gasteiger partial charge < -0.3 is 58.0 Å². The third-order valence-electron chi connectivity index (χ3n) is 9.85. The van der Waals surface area contributed by atoms with Crippen LogP contribution in [0.5, 0.6) is 0 Å². The largest absolute Gasteiger partial charge is 0.459 e. The predicted octanol–water partition coefficient (Wildman–Crippen LogP) is 1.21. The number of carbonyl (C=O) groups excluding carboxylic acids is 2. The van der Waals surface area contributed by atoms with Gasteiger partial charge in [0.05, 0.1) is 37.1 Å². The zero-order valence-corrected chi connectivity index (χ0v) is 29.1. The highest BCUT2D eigenvalue weighted by atomic mass is 16.7. The van der Waals surface area contributed by atoms with Gasteiger partial charge in [-0.05, 0) is 52.7 Å². The summed E-state index contributed by atoms with van der Waals surface area (Å²) in [5.41, 5.74) is -1.72. The second-order valence-corrected chi connectivity index (χ2v) is 13.5. The van der Waals surface area contributed by atoms with Crippen molar-refractivity contribution in [2.75, 3.05) is 27.9 Å². The fraction of sp³-hybridized carbons (Fsp3) is 0.824. The van der Waals surface area contributed by atoms with Crippen molar-refractivity contribution >= 4 is 11.8 Å². The van der Waals surface area contributed by atoms with Gasteiger partial charge in [-0.2, -0.15) is 0 Å². The molecule has 3 saturated heterocycles. The first kappa shape index (κ1) is 39.0. The molecular formula is C34H54O14. The lowest BCUT2D eigenvalue weighted by atomic mass is 9.89. The SMILES string of the molecule is CO[C@@H]1[C@H](O)[C@@H](C)O[C@@H](OC[C@H]2[C@H]3O[C@H]3/C=C/C(=O)[C@@](C)(O)CC[C@@H](O[C@H]3O[C@H](C)C[C@@H](OC)[C@@H]3O)[C@H](C)/C=C/C(=O)O[C@@H]2C)[C@@H]1OC. The molecule has 3 N–H and O–H groups in total. The molecule has 4 heterocycles. The van der Waals surface area contributed by atoms with Crippen LogP contribution in [0.3, 0.4) is 0 Å². The topological polar surface area (TPSA) is 181 Å². The summed E-state index contributed by atoms with van der Waals surface area (Å²) < 4.78 is 52.3. The molecule has 4 aliphatic heterocycles. The first-order valence-corrected chi connectivity index (χ1v) is 16.7. The Kier molecular flexibility index (Phi) is 13.7. The second-order valence-electron chi connectivity index (χ2n) is 13.5. The summed E-state index contributed by atoms with van der Waals surface area (Å²) in [4.78, 5) is 26.3. The van der Waals surface area contributed by atoms with Gasteiger partial charge in [0.1, 0.15) is 42.2 Å². The molecule has 3 fully saturated rings. The van der Waals surface area contributed by atoms with Crippen LogP contribution in [0, 0.1) is 11.8 Å². The minimum absolute atomic E-state index is 0.0273. The highest BCUT2D eigenvalue weighted by Crippen LogP contribution is 2.36. The molecule has 48 heavy (non-hydrogen) atoms. The average molecular weight is 687 g/mol. The Labute approximate surface area is 282 Å². The van der Waals surface area contributed by atoms with Crippen LogP contribution >= 0.6 is 0 Å². The fourth-order valence-electron chi connectivity index (χ4n) is 6.53. The van der Waals surface area contributed by atoms with Gasteiger partial charge >= 0.3 is 5.97 Å². The van der Waals surface area contributed by atoms with Gasteiger partial charge in [-0.15, -0.1) is 0 Å². The minimum atomic E-state index is -1.72. The van der Waals surface area contributed by atoms with Crippen molar-refractivity contribution in [1.29, 1.82) is 0 Å². The quantitative estimate of drug-likeness (QED) is 0.245. The van der Waals surface area contributed by atoms with Gasteiger partial charge in [-0.25, -0.2) is 4.79 Å². The molecule has 0 amide bonds. The van der Waals surface area contributed by atoms with Crippen molar-refractivity contribution < 1.29 is 67.5 Å². The highest BCUT2D eigenvalue weighted by Gasteiger charge is 2.49. The molecule has 0 saturated carbocycles. The Hall–Kier alpha value is -1.82. The number of carbonyl (C=O) groups is 2. The molecule has 16 atom stereocenters. The monoisotopic (exact) mass is 686 g/mol. The Morgan fingerprint density at radius 2 is 1.56 bits per heavy atom. The summed E-state index contributed by atoms with van der Waals surface area (Å²) >= 11 is 0. The second kappa shape index (κ2) is 16.9. The van der Waals surface area contributed by atoms with Crippen LogP contribution in [-0.2, 0) is 52.2 Å². The van der Waals surface area contributed by atoms with Gasteiger partial charge in [-0.3, -0.25) is 4.79 Å². The van der Waals surface area contributed by atoms with Crippen molar-refractivity contribution in [3.63, 3.8) is 0 Å². The van der Waals surface area contributed by atoms with Crippen LogP contribution in [0.25, 0.3) is 0 Å². The summed E-state index contributed by atoms with van der Waals surface area (Å²) in [6.45, 7) is 8.58. The Morgan fingerprint density at radius 3 is 2.23 bits per heavy atom. The van der Waals surface area contributed by atoms with E-state index in [4.69, 9.17) is 42.6 Å². The lowest BCUT2D eigenvalue weighted by Crippen LogP contribution is -2.59. The molecule has 0 aromatic carbocycles. The average Bonchev–Trinajstić information content (AvgIpc) is 3.81. The number of esters is 1. The van der Waals surface area contributed by atoms with Gasteiger partial charge in [0.25, 0.3) is 0 Å². The maximum atomic E-state index is 13.2. The van der Waals surface area contributed by atoms with Crippen LogP contribution < -0.4 is 0 Å². The first-order valence-electron chi connectivity index (χ1n) is 16.7. The van der Waals surface area contributed by atoms with Gasteiger partial charge in [0.2, 0.25) is 0 Å². The maximum absolute atomic E-state index is 13.2. The molecule has 0 radical (unpaired) electrons. The van der Waals surface area contributed by atoms with E-state index in [-0.39, 0.29) is 25.6 Å². The first-order chi connectivity index (χ1) is 22.7. The maximum Gasteiger partial charge on any atom is 0.330 e. The molecule has 4 rings (SSSR count). The van der Waals surface area contributed by atoms with E-state index in [2.05, 4.69) is 0 Å². The summed E-state index contributed by atoms with van der Waals surface area (Å²) in [6, 6.07) is 0. The number of aliphatic hydroxyl groups excluding tert-OH is 2. The summed E-state index contributed by atoms with van der Waals surface area (Å²) in [5.74, 6) is -2.00. The van der Waals surface area contributed by atoms with Crippen molar-refractivity contribution in [2.24, 2.45) is 11.8 Å². The molecular weight excluding hydrogens is 632 g/mol. The number of hydrogen-bond acceptors (Lipinski definition) is 14. The lowest BCUT2D eigenvalue weighted by molar-refractivity contribution is -0.305. The number of methoxy groups -OCH3 is 3. The normalized spacial score (nSPS) is 47.5. The van der Waals surface area contributed by atoms with E-state index >= 15 is 0 Å². The zero-order chi connectivity index (χ0) is 35.3. The van der Waals surface area contributed by atoms with Crippen molar-refractivity contribution in [3.8, 4) is 0 Å². The molecule has 0 aromatic rings. The predicted molar refractivity (Wildman–Crippen MR) is 169 cm³/mol. The molecule has 0 unspecified atom stereocenters. The van der Waals surface area contributed by atoms with Gasteiger partial charge in [0.15, 0.2) is 18.4 Å². The molecule has 274 valence electrons. The molecule has 14 heteroatoms. The molecule has 0 aromatic heterocycles. The van der Waals surface area contributed by atoms with Crippen molar-refractivity contribution in [2.45, 2.75) is 139 Å². The Bertz CT molecular complexity index is 1130. The Balaban J connectivity index is 1.53. The van der Waals surface area contributed by atoms with Crippen LogP contribution in [0.15, 0.2) is 24.3 Å². The molecule has 0 aliphatic carbocycles. The number of fused-ring (bicyclic) bond motifs is 1. The minimum Gasteiger partial charge on any atom is -0.459 e. The van der Waals surface area contributed by atoms with Crippen molar-refractivity contribution in [3.05, 3.63) is 24.3 Å². The highest BCUT2D eigenvalue weighted by molar-refractivity contribution is 5.96. The van der Waals surface area contributed by atoms with Gasteiger partial charge in [0, 0.05) is 45.7 Å². The van der Waals surface area contributed by atoms with Crippen LogP contribution in [0.4, 0.5) is 0 Å². The fourth-order valence-corrected chi connectivity index (χ4v) is 6.53. The van der Waals surface area contributed by atoms with Crippen LogP contribution in [0.1, 0.15) is 53.9 Å². The van der Waals surface area contributed by atoms with Crippen LogP contribution in [-0.4, -0.2) is 140 Å². The number of rotatable bonds is 8. The molecule has 4 aliphatic rings. The number of hydrogen-bond donors (Lipinski definition) is 3. The van der Waals surface area contributed by atoms with E-state index in [0.29, 0.717) is 6.42 Å². The number of aliphatic hydroxyl groups is 3. The number of ether oxygens (including phenoxy) is 9. The standard InChI is InChI=1S/C34H54O14/c1-17-9-12-26(36)45-19(3)21(16-43-33-31(42-8)30(41-7)27(37)20(4)46-33)29-23(47-29)10-11-25(35)34(5,39)14-13-22(17)48-32-28(38)24(40-6)15-18(2)44-32/h9-12,17-24,27-33,37-39H,13-16H2,1-8H3/b11-10+,12-9+/t17-,18-,19-,20-,21-,22-,23+,24-,27-,28+,29-,30-,31-,32-,33-,34+/m1/s1. The molecule has 14 nitrogen and oxygen atoms in total. The smallest absolute Gasteiger partial charge is 0.330 e. The summed E-state index contributed by atoms with van der Waals surface area (Å²) in [6.07, 6.45) is -2.35. The third kappa shape index (κ3) is 9.49. The summed E-state index contributed by atoms with van der Waals surface area (Å²) in [5, 5.41) is 32.5. The van der Waals surface area contributed by atoms with E-state index in [1.54, 1.807) is 26.0 Å². The lowest BCUT2D eigenvalue weighted by Gasteiger charge is -2.42. The molecule has 0 bridgehead atoms. The third-order valence-corrected chi connectivity index (χ3v) is 9.85. The molecule has 0 spiro atoms. The van der Waals surface area contributed by atoms with Crippen LogP contribution in [0.2, 0.25) is 0 Å². The van der Waals surface area contributed by atoms with Crippen molar-refractivity contribution in [1.82, 2.24) is 0 Å². The van der Waals surface area contributed by atoms with E-state index in [9.17, 15) is 24.9 Å². The Morgan fingerprint density at radius 1 is 0.854 bits per heavy atom. The van der Waals surface area contributed by atoms with E-state index in [0.717, 1.165) is 0 Å². The zero-order valence-electron chi connectivity index (χ0n) is 29.1. The summed E-state index contributed by atoms with van der Waals surface area (Å²) in [7, 11) is 4.45. The van der Waals surface area contributed by atoms with E-state index in [1.165, 1.54) is 40.4 Å². The van der Waals surface area contributed by atoms with E-state index in [1.807, 2.05) is 13.8 Å². The van der Waals surface area contributed by atoms with E-state index < -0.39 is 103 Å². The number of cyclic esters (lactones) is 1. The van der Waals surface area contributed by atoms with Gasteiger partial charge in [-0.1, -0.05) is 13.0 Å².